The summed E-state index contributed by atoms with van der Waals surface area (Å²) in [7, 11) is -3.27. The van der Waals surface area contributed by atoms with Gasteiger partial charge in [0.15, 0.2) is 9.84 Å². The molecule has 8 heteroatoms. The molecule has 2 aromatic heterocycles. The summed E-state index contributed by atoms with van der Waals surface area (Å²) in [5.74, 6) is 0.242. The third-order valence-electron chi connectivity index (χ3n) is 4.23. The molecule has 1 fully saturated rings. The van der Waals surface area contributed by atoms with Gasteiger partial charge in [0.2, 0.25) is 5.88 Å². The Morgan fingerprint density at radius 2 is 2.12 bits per heavy atom. The minimum atomic E-state index is -3.27. The van der Waals surface area contributed by atoms with Gasteiger partial charge in [-0.3, -0.25) is 4.79 Å². The third-order valence-corrected chi connectivity index (χ3v) is 7.47. The highest BCUT2D eigenvalue weighted by Crippen LogP contribution is 2.32. The first-order valence-corrected chi connectivity index (χ1v) is 11.1. The lowest BCUT2D eigenvalue weighted by Gasteiger charge is -2.20. The van der Waals surface area contributed by atoms with Crippen LogP contribution in [0.4, 0.5) is 0 Å². The molecule has 3 rings (SSSR count). The second kappa shape index (κ2) is 7.75. The van der Waals surface area contributed by atoms with E-state index in [0.717, 1.165) is 4.88 Å². The van der Waals surface area contributed by atoms with Gasteiger partial charge in [0.05, 0.1) is 22.7 Å². The van der Waals surface area contributed by atoms with E-state index in [2.05, 4.69) is 4.98 Å². The quantitative estimate of drug-likeness (QED) is 0.797. The van der Waals surface area contributed by atoms with Crippen molar-refractivity contribution in [3.05, 3.63) is 46.3 Å². The van der Waals surface area contributed by atoms with Crippen molar-refractivity contribution in [2.75, 3.05) is 18.8 Å². The maximum absolute atomic E-state index is 12.7. The Bertz CT molecular complexity index is 846. The molecule has 0 N–H and O–H groups in total. The first kappa shape index (κ1) is 18.8. The average Bonchev–Trinajstić information content (AvgIpc) is 3.06. The Labute approximate surface area is 157 Å². The SMILES string of the molecule is CC(C)Oc1ccc(C(=O)N2CC[C@@H](c3cccs3)S(=O)(=O)CC2)cn1. The zero-order chi connectivity index (χ0) is 18.7. The number of sulfone groups is 1. The van der Waals surface area contributed by atoms with Crippen LogP contribution in [0.5, 0.6) is 5.88 Å². The topological polar surface area (TPSA) is 76.6 Å². The van der Waals surface area contributed by atoms with Gasteiger partial charge in [0, 0.05) is 30.2 Å². The normalized spacial score (nSPS) is 20.0. The molecular weight excluding hydrogens is 372 g/mol. The first-order valence-electron chi connectivity index (χ1n) is 8.54. The maximum Gasteiger partial charge on any atom is 0.255 e. The van der Waals surface area contributed by atoms with Gasteiger partial charge in [0.25, 0.3) is 5.91 Å². The molecule has 0 radical (unpaired) electrons. The molecule has 0 unspecified atom stereocenters. The molecule has 0 saturated carbocycles. The number of ether oxygens (including phenoxy) is 1. The summed E-state index contributed by atoms with van der Waals surface area (Å²) in [5.41, 5.74) is 0.438. The highest BCUT2D eigenvalue weighted by atomic mass is 32.2. The van der Waals surface area contributed by atoms with Crippen LogP contribution in [0.15, 0.2) is 35.8 Å². The van der Waals surface area contributed by atoms with Gasteiger partial charge in [-0.25, -0.2) is 13.4 Å². The fraction of sp³-hybridized carbons (Fsp3) is 0.444. The summed E-state index contributed by atoms with van der Waals surface area (Å²) >= 11 is 1.45. The lowest BCUT2D eigenvalue weighted by Crippen LogP contribution is -2.33. The summed E-state index contributed by atoms with van der Waals surface area (Å²) in [5, 5.41) is 1.35. The van der Waals surface area contributed by atoms with Crippen LogP contribution in [0.2, 0.25) is 0 Å². The lowest BCUT2D eigenvalue weighted by atomic mass is 10.2. The number of carbonyl (C=O) groups excluding carboxylic acids is 1. The van der Waals surface area contributed by atoms with Crippen LogP contribution in [0.3, 0.4) is 0 Å². The third kappa shape index (κ3) is 4.24. The van der Waals surface area contributed by atoms with E-state index in [0.29, 0.717) is 24.4 Å². The number of thiophene rings is 1. The maximum atomic E-state index is 12.7. The van der Waals surface area contributed by atoms with Crippen molar-refractivity contribution in [1.29, 1.82) is 0 Å². The lowest BCUT2D eigenvalue weighted by molar-refractivity contribution is 0.0766. The van der Waals surface area contributed by atoms with Crippen molar-refractivity contribution < 1.29 is 17.9 Å². The molecule has 1 aliphatic rings. The van der Waals surface area contributed by atoms with E-state index in [4.69, 9.17) is 4.74 Å². The number of hydrogen-bond acceptors (Lipinski definition) is 6. The largest absolute Gasteiger partial charge is 0.475 e. The number of amides is 1. The molecule has 1 atom stereocenters. The Hall–Kier alpha value is -1.93. The van der Waals surface area contributed by atoms with Crippen LogP contribution in [-0.2, 0) is 9.84 Å². The molecule has 0 aromatic carbocycles. The van der Waals surface area contributed by atoms with Gasteiger partial charge < -0.3 is 9.64 Å². The molecule has 0 aliphatic carbocycles. The molecule has 3 heterocycles. The Morgan fingerprint density at radius 3 is 2.73 bits per heavy atom. The van der Waals surface area contributed by atoms with Crippen molar-refractivity contribution >= 4 is 27.1 Å². The van der Waals surface area contributed by atoms with Gasteiger partial charge in [-0.05, 0) is 37.8 Å². The van der Waals surface area contributed by atoms with E-state index in [-0.39, 0.29) is 24.3 Å². The molecule has 2 aromatic rings. The van der Waals surface area contributed by atoms with Crippen molar-refractivity contribution in [3.63, 3.8) is 0 Å². The summed E-state index contributed by atoms with van der Waals surface area (Å²) in [6.07, 6.45) is 1.90. The highest BCUT2D eigenvalue weighted by Gasteiger charge is 2.33. The van der Waals surface area contributed by atoms with E-state index in [1.54, 1.807) is 17.0 Å². The minimum Gasteiger partial charge on any atom is -0.475 e. The molecule has 0 spiro atoms. The first-order chi connectivity index (χ1) is 12.4. The van der Waals surface area contributed by atoms with Gasteiger partial charge in [-0.15, -0.1) is 11.3 Å². The van der Waals surface area contributed by atoms with E-state index in [9.17, 15) is 13.2 Å². The van der Waals surface area contributed by atoms with Crippen molar-refractivity contribution in [1.82, 2.24) is 9.88 Å². The van der Waals surface area contributed by atoms with Crippen LogP contribution in [0.25, 0.3) is 0 Å². The number of aromatic nitrogens is 1. The smallest absolute Gasteiger partial charge is 0.255 e. The summed E-state index contributed by atoms with van der Waals surface area (Å²) in [6, 6.07) is 7.04. The van der Waals surface area contributed by atoms with Crippen molar-refractivity contribution in [2.24, 2.45) is 0 Å². The van der Waals surface area contributed by atoms with Crippen LogP contribution < -0.4 is 4.74 Å². The van der Waals surface area contributed by atoms with Crippen molar-refractivity contribution in [3.8, 4) is 5.88 Å². The average molecular weight is 395 g/mol. The van der Waals surface area contributed by atoms with Gasteiger partial charge in [-0.1, -0.05) is 6.07 Å². The van der Waals surface area contributed by atoms with E-state index >= 15 is 0 Å². The Balaban J connectivity index is 1.73. The van der Waals surface area contributed by atoms with Crippen LogP contribution in [0.1, 0.15) is 40.8 Å². The molecule has 1 amide bonds. The second-order valence-electron chi connectivity index (χ2n) is 6.50. The Morgan fingerprint density at radius 1 is 1.31 bits per heavy atom. The summed E-state index contributed by atoms with van der Waals surface area (Å²) in [4.78, 5) is 19.3. The summed E-state index contributed by atoms with van der Waals surface area (Å²) < 4.78 is 30.7. The predicted octanol–water partition coefficient (Wildman–Crippen LogP) is 2.93. The van der Waals surface area contributed by atoms with Gasteiger partial charge in [-0.2, -0.15) is 0 Å². The number of rotatable bonds is 4. The molecule has 0 bridgehead atoms. The fourth-order valence-electron chi connectivity index (χ4n) is 2.94. The van der Waals surface area contributed by atoms with Gasteiger partial charge in [0.1, 0.15) is 0 Å². The number of nitrogens with zero attached hydrogens (tertiary/aromatic N) is 2. The molecular formula is C18H22N2O4S2. The number of pyridine rings is 1. The zero-order valence-electron chi connectivity index (χ0n) is 14.8. The van der Waals surface area contributed by atoms with E-state index in [1.807, 2.05) is 31.4 Å². The van der Waals surface area contributed by atoms with Crippen molar-refractivity contribution in [2.45, 2.75) is 31.6 Å². The summed E-state index contributed by atoms with van der Waals surface area (Å²) in [6.45, 7) is 4.42. The standard InChI is InChI=1S/C18H22N2O4S2/c1-13(2)24-17-6-5-14(12-19-17)18(21)20-8-7-16(15-4-3-10-25-15)26(22,23)11-9-20/h3-6,10,12-13,16H,7-9,11H2,1-2H3/t16-/m0/s1. The fourth-order valence-corrected chi connectivity index (χ4v) is 5.95. The monoisotopic (exact) mass is 394 g/mol. The van der Waals surface area contributed by atoms with Crippen LogP contribution in [0, 0.1) is 0 Å². The molecule has 1 saturated heterocycles. The molecule has 1 aliphatic heterocycles. The van der Waals surface area contributed by atoms with E-state index in [1.165, 1.54) is 17.5 Å². The number of carbonyl (C=O) groups is 1. The Kier molecular flexibility index (Phi) is 5.62. The van der Waals surface area contributed by atoms with E-state index < -0.39 is 15.1 Å². The van der Waals surface area contributed by atoms with Crippen LogP contribution in [-0.4, -0.2) is 49.2 Å². The highest BCUT2D eigenvalue weighted by molar-refractivity contribution is 7.91. The molecule has 26 heavy (non-hydrogen) atoms. The number of hydrogen-bond donors (Lipinski definition) is 0. The predicted molar refractivity (Wildman–Crippen MR) is 101 cm³/mol. The second-order valence-corrected chi connectivity index (χ2v) is 9.79. The molecule has 6 nitrogen and oxygen atoms in total. The zero-order valence-corrected chi connectivity index (χ0v) is 16.4. The van der Waals surface area contributed by atoms with Gasteiger partial charge >= 0.3 is 0 Å². The minimum absolute atomic E-state index is 0.00838. The molecule has 140 valence electrons. The van der Waals surface area contributed by atoms with Crippen LogP contribution >= 0.6 is 11.3 Å².